The Hall–Kier alpha value is -2.40. The number of hydrazone groups is 1. The van der Waals surface area contributed by atoms with Gasteiger partial charge in [0.15, 0.2) is 5.11 Å². The van der Waals surface area contributed by atoms with Crippen molar-refractivity contribution in [2.75, 3.05) is 6.54 Å². The number of thiocarbonyl (C=S) groups is 1. The maximum atomic E-state index is 5.81. The lowest BCUT2D eigenvalue weighted by atomic mass is 10.2. The maximum Gasteiger partial charge on any atom is 0.186 e. The Morgan fingerprint density at radius 2 is 2.00 bits per heavy atom. The van der Waals surface area contributed by atoms with Gasteiger partial charge in [0.1, 0.15) is 12.4 Å². The van der Waals surface area contributed by atoms with Crippen molar-refractivity contribution >= 4 is 23.5 Å². The van der Waals surface area contributed by atoms with Gasteiger partial charge in [-0.05, 0) is 41.9 Å². The molecule has 5 heteroatoms. The van der Waals surface area contributed by atoms with Crippen molar-refractivity contribution in [3.63, 3.8) is 0 Å². The van der Waals surface area contributed by atoms with E-state index in [0.717, 1.165) is 36.3 Å². The van der Waals surface area contributed by atoms with Crippen LogP contribution in [0.1, 0.15) is 30.9 Å². The Morgan fingerprint density at radius 1 is 1.17 bits per heavy atom. The first kappa shape index (κ1) is 17.9. The molecule has 0 atom stereocenters. The summed E-state index contributed by atoms with van der Waals surface area (Å²) in [7, 11) is 0. The van der Waals surface area contributed by atoms with Crippen molar-refractivity contribution in [1.29, 1.82) is 0 Å². The van der Waals surface area contributed by atoms with Gasteiger partial charge >= 0.3 is 0 Å². The van der Waals surface area contributed by atoms with Crippen molar-refractivity contribution in [2.24, 2.45) is 5.10 Å². The predicted molar refractivity (Wildman–Crippen MR) is 103 cm³/mol. The topological polar surface area (TPSA) is 45.7 Å². The molecular formula is C19H23N3OS. The fourth-order valence-corrected chi connectivity index (χ4v) is 2.16. The van der Waals surface area contributed by atoms with Crippen molar-refractivity contribution in [1.82, 2.24) is 10.7 Å². The number of nitrogens with zero attached hydrogens (tertiary/aromatic N) is 1. The summed E-state index contributed by atoms with van der Waals surface area (Å²) in [6.45, 7) is 3.55. The zero-order valence-electron chi connectivity index (χ0n) is 13.9. The Bertz CT molecular complexity index is 659. The fraction of sp³-hybridized carbons (Fsp3) is 0.263. The number of unbranched alkanes of at least 4 members (excludes halogenated alkanes) is 1. The van der Waals surface area contributed by atoms with E-state index in [-0.39, 0.29) is 0 Å². The molecule has 24 heavy (non-hydrogen) atoms. The Kier molecular flexibility index (Phi) is 7.77. The first-order valence-corrected chi connectivity index (χ1v) is 8.52. The molecule has 126 valence electrons. The normalized spacial score (nSPS) is 10.5. The van der Waals surface area contributed by atoms with Gasteiger partial charge in [-0.25, -0.2) is 0 Å². The zero-order valence-corrected chi connectivity index (χ0v) is 14.7. The van der Waals surface area contributed by atoms with Gasteiger partial charge < -0.3 is 10.1 Å². The number of hydrogen-bond acceptors (Lipinski definition) is 3. The van der Waals surface area contributed by atoms with E-state index in [2.05, 4.69) is 22.8 Å². The summed E-state index contributed by atoms with van der Waals surface area (Å²) in [6.07, 6.45) is 3.95. The third-order valence-electron chi connectivity index (χ3n) is 3.30. The standard InChI is InChI=1S/C19H23N3OS/c1-2-3-12-20-19(24)22-21-14-17-10-7-11-18(13-17)23-15-16-8-5-4-6-9-16/h4-11,13-14H,2-3,12,15H2,1H3,(H2,20,22,24)/b21-14-. The van der Waals surface area contributed by atoms with Crippen molar-refractivity contribution in [3.05, 3.63) is 65.7 Å². The quantitative estimate of drug-likeness (QED) is 0.331. The van der Waals surface area contributed by atoms with Crippen LogP contribution in [0.15, 0.2) is 59.7 Å². The monoisotopic (exact) mass is 341 g/mol. The average Bonchev–Trinajstić information content (AvgIpc) is 2.61. The second-order valence-electron chi connectivity index (χ2n) is 5.33. The third kappa shape index (κ3) is 6.79. The lowest BCUT2D eigenvalue weighted by molar-refractivity contribution is 0.306. The van der Waals surface area contributed by atoms with Crippen LogP contribution in [-0.2, 0) is 6.61 Å². The largest absolute Gasteiger partial charge is 0.489 e. The molecular weight excluding hydrogens is 318 g/mol. The van der Waals surface area contributed by atoms with Crippen LogP contribution in [0.3, 0.4) is 0 Å². The lowest BCUT2D eigenvalue weighted by Crippen LogP contribution is -2.32. The van der Waals surface area contributed by atoms with E-state index in [4.69, 9.17) is 17.0 Å². The highest BCUT2D eigenvalue weighted by Gasteiger charge is 1.97. The first-order chi connectivity index (χ1) is 11.8. The highest BCUT2D eigenvalue weighted by Crippen LogP contribution is 2.14. The van der Waals surface area contributed by atoms with Gasteiger partial charge in [0, 0.05) is 6.54 Å². The molecule has 0 amide bonds. The van der Waals surface area contributed by atoms with Crippen LogP contribution in [0.2, 0.25) is 0 Å². The summed E-state index contributed by atoms with van der Waals surface area (Å²) in [5, 5.41) is 7.79. The van der Waals surface area contributed by atoms with Crippen LogP contribution in [0.5, 0.6) is 5.75 Å². The molecule has 0 aromatic heterocycles. The summed E-state index contributed by atoms with van der Waals surface area (Å²) in [6, 6.07) is 17.9. The van der Waals surface area contributed by atoms with E-state index >= 15 is 0 Å². The van der Waals surface area contributed by atoms with Crippen LogP contribution < -0.4 is 15.5 Å². The molecule has 0 fully saturated rings. The molecule has 0 heterocycles. The summed E-state index contributed by atoms with van der Waals surface area (Å²) in [5.74, 6) is 0.812. The molecule has 0 aliphatic heterocycles. The molecule has 4 nitrogen and oxygen atoms in total. The number of benzene rings is 2. The average molecular weight is 341 g/mol. The van der Waals surface area contributed by atoms with Crippen molar-refractivity contribution in [3.8, 4) is 5.75 Å². The molecule has 0 radical (unpaired) electrons. The maximum absolute atomic E-state index is 5.81. The third-order valence-corrected chi connectivity index (χ3v) is 3.54. The van der Waals surface area contributed by atoms with Gasteiger partial charge in [0.2, 0.25) is 0 Å². The van der Waals surface area contributed by atoms with Gasteiger partial charge in [-0.3, -0.25) is 5.43 Å². The van der Waals surface area contributed by atoms with Gasteiger partial charge in [0.05, 0.1) is 6.21 Å². The molecule has 2 rings (SSSR count). The molecule has 2 N–H and O–H groups in total. The second-order valence-corrected chi connectivity index (χ2v) is 5.73. The van der Waals surface area contributed by atoms with Gasteiger partial charge in [-0.1, -0.05) is 55.8 Å². The van der Waals surface area contributed by atoms with Crippen LogP contribution in [0, 0.1) is 0 Å². The number of hydrogen-bond donors (Lipinski definition) is 2. The SMILES string of the molecule is CCCCNC(=S)N/N=C\c1cccc(OCc2ccccc2)c1. The predicted octanol–water partition coefficient (Wildman–Crippen LogP) is 3.86. The number of nitrogens with one attached hydrogen (secondary N) is 2. The van der Waals surface area contributed by atoms with E-state index in [1.165, 1.54) is 0 Å². The molecule has 0 spiro atoms. The zero-order chi connectivity index (χ0) is 17.0. The summed E-state index contributed by atoms with van der Waals surface area (Å²) in [4.78, 5) is 0. The Morgan fingerprint density at radius 3 is 2.79 bits per heavy atom. The van der Waals surface area contributed by atoms with E-state index in [1.54, 1.807) is 6.21 Å². The molecule has 0 bridgehead atoms. The summed E-state index contributed by atoms with van der Waals surface area (Å²) >= 11 is 5.14. The van der Waals surface area contributed by atoms with E-state index in [0.29, 0.717) is 11.7 Å². The van der Waals surface area contributed by atoms with Crippen LogP contribution >= 0.6 is 12.2 Å². The second kappa shape index (κ2) is 10.4. The molecule has 0 aliphatic rings. The lowest BCUT2D eigenvalue weighted by Gasteiger charge is -2.07. The van der Waals surface area contributed by atoms with Crippen LogP contribution in [-0.4, -0.2) is 17.9 Å². The Labute approximate surface area is 148 Å². The molecule has 0 saturated heterocycles. The van der Waals surface area contributed by atoms with Crippen molar-refractivity contribution < 1.29 is 4.74 Å². The summed E-state index contributed by atoms with van der Waals surface area (Å²) in [5.41, 5.74) is 4.91. The molecule has 0 unspecified atom stereocenters. The smallest absolute Gasteiger partial charge is 0.186 e. The molecule has 2 aromatic carbocycles. The molecule has 0 saturated carbocycles. The fourth-order valence-electron chi connectivity index (χ4n) is 2.01. The minimum Gasteiger partial charge on any atom is -0.489 e. The Balaban J connectivity index is 1.81. The highest BCUT2D eigenvalue weighted by molar-refractivity contribution is 7.80. The van der Waals surface area contributed by atoms with Gasteiger partial charge in [0.25, 0.3) is 0 Å². The van der Waals surface area contributed by atoms with Crippen molar-refractivity contribution in [2.45, 2.75) is 26.4 Å². The highest BCUT2D eigenvalue weighted by atomic mass is 32.1. The van der Waals surface area contributed by atoms with E-state index in [1.807, 2.05) is 54.6 Å². The van der Waals surface area contributed by atoms with Gasteiger partial charge in [-0.2, -0.15) is 5.10 Å². The number of rotatable bonds is 8. The molecule has 2 aromatic rings. The molecule has 0 aliphatic carbocycles. The van der Waals surface area contributed by atoms with E-state index in [9.17, 15) is 0 Å². The van der Waals surface area contributed by atoms with Crippen LogP contribution in [0.25, 0.3) is 0 Å². The van der Waals surface area contributed by atoms with E-state index < -0.39 is 0 Å². The first-order valence-electron chi connectivity index (χ1n) is 8.11. The van der Waals surface area contributed by atoms with Crippen LogP contribution in [0.4, 0.5) is 0 Å². The van der Waals surface area contributed by atoms with Gasteiger partial charge in [-0.15, -0.1) is 0 Å². The minimum atomic E-state index is 0.538. The summed E-state index contributed by atoms with van der Waals surface area (Å²) < 4.78 is 5.81. The minimum absolute atomic E-state index is 0.538. The number of ether oxygens (including phenoxy) is 1.